The molecule has 96 valence electrons. The molecule has 0 spiro atoms. The normalized spacial score (nSPS) is 12.6. The van der Waals surface area contributed by atoms with Gasteiger partial charge in [-0.15, -0.1) is 0 Å². The number of hydrogen-bond donors (Lipinski definition) is 1. The molecular formula is C12H18N6. The van der Waals surface area contributed by atoms with E-state index in [1.54, 1.807) is 18.9 Å². The van der Waals surface area contributed by atoms with Gasteiger partial charge in [-0.1, -0.05) is 6.92 Å². The van der Waals surface area contributed by atoms with Crippen LogP contribution in [0.2, 0.25) is 0 Å². The standard InChI is InChI=1S/C12H18N6/c1-3-14-11(10-5-6-13-8-15-10)7-12-16-9-17-18(12)4-2/h5-6,8-9,11,14H,3-4,7H2,1-2H3. The molecule has 2 rings (SSSR count). The van der Waals surface area contributed by atoms with Crippen LogP contribution in [-0.4, -0.2) is 31.3 Å². The minimum atomic E-state index is 0.146. The second-order valence-electron chi connectivity index (χ2n) is 3.94. The van der Waals surface area contributed by atoms with E-state index in [9.17, 15) is 0 Å². The van der Waals surface area contributed by atoms with Gasteiger partial charge in [0.25, 0.3) is 0 Å². The van der Waals surface area contributed by atoms with Gasteiger partial charge in [-0.05, 0) is 19.5 Å². The number of hydrogen-bond acceptors (Lipinski definition) is 5. The van der Waals surface area contributed by atoms with Crippen LogP contribution in [0.1, 0.15) is 31.4 Å². The van der Waals surface area contributed by atoms with Crippen LogP contribution in [0.4, 0.5) is 0 Å². The minimum Gasteiger partial charge on any atom is -0.309 e. The largest absolute Gasteiger partial charge is 0.309 e. The average molecular weight is 246 g/mol. The highest BCUT2D eigenvalue weighted by atomic mass is 15.3. The molecule has 2 heterocycles. The zero-order valence-electron chi connectivity index (χ0n) is 10.7. The summed E-state index contributed by atoms with van der Waals surface area (Å²) in [7, 11) is 0. The zero-order chi connectivity index (χ0) is 12.8. The lowest BCUT2D eigenvalue weighted by atomic mass is 10.1. The highest BCUT2D eigenvalue weighted by molar-refractivity contribution is 5.07. The summed E-state index contributed by atoms with van der Waals surface area (Å²) in [6.45, 7) is 5.86. The number of aromatic nitrogens is 5. The Hall–Kier alpha value is -1.82. The molecule has 0 fully saturated rings. The molecule has 0 aromatic carbocycles. The number of aryl methyl sites for hydroxylation is 1. The van der Waals surface area contributed by atoms with E-state index >= 15 is 0 Å². The lowest BCUT2D eigenvalue weighted by Gasteiger charge is -2.16. The summed E-state index contributed by atoms with van der Waals surface area (Å²) in [5.74, 6) is 0.974. The first-order valence-electron chi connectivity index (χ1n) is 6.21. The van der Waals surface area contributed by atoms with Gasteiger partial charge in [-0.3, -0.25) is 4.68 Å². The van der Waals surface area contributed by atoms with Crippen LogP contribution in [0.3, 0.4) is 0 Å². The molecule has 0 saturated heterocycles. The molecule has 6 nitrogen and oxygen atoms in total. The lowest BCUT2D eigenvalue weighted by molar-refractivity contribution is 0.499. The SMILES string of the molecule is CCNC(Cc1ncnn1CC)c1ccncn1. The Morgan fingerprint density at radius 1 is 1.28 bits per heavy atom. The van der Waals surface area contributed by atoms with Gasteiger partial charge in [-0.25, -0.2) is 15.0 Å². The molecule has 0 amide bonds. The first-order valence-corrected chi connectivity index (χ1v) is 6.21. The Morgan fingerprint density at radius 2 is 2.17 bits per heavy atom. The third-order valence-electron chi connectivity index (χ3n) is 2.79. The molecule has 1 N–H and O–H groups in total. The summed E-state index contributed by atoms with van der Waals surface area (Å²) in [5, 5.41) is 7.60. The molecule has 6 heteroatoms. The van der Waals surface area contributed by atoms with Crippen molar-refractivity contribution < 1.29 is 0 Å². The average Bonchev–Trinajstić information content (AvgIpc) is 2.86. The summed E-state index contributed by atoms with van der Waals surface area (Å²) in [6.07, 6.45) is 5.71. The van der Waals surface area contributed by atoms with Crippen molar-refractivity contribution in [2.24, 2.45) is 0 Å². The van der Waals surface area contributed by atoms with E-state index in [2.05, 4.69) is 39.2 Å². The number of rotatable bonds is 6. The van der Waals surface area contributed by atoms with Crippen LogP contribution in [0.15, 0.2) is 24.9 Å². The number of nitrogens with zero attached hydrogens (tertiary/aromatic N) is 5. The topological polar surface area (TPSA) is 68.5 Å². The molecule has 0 aliphatic rings. The molecule has 1 unspecified atom stereocenters. The molecule has 2 aromatic heterocycles. The third kappa shape index (κ3) is 2.89. The minimum absolute atomic E-state index is 0.146. The van der Waals surface area contributed by atoms with Crippen molar-refractivity contribution in [2.45, 2.75) is 32.9 Å². The Bertz CT molecular complexity index is 466. The van der Waals surface area contributed by atoms with Crippen LogP contribution in [0.25, 0.3) is 0 Å². The Morgan fingerprint density at radius 3 is 2.83 bits per heavy atom. The maximum atomic E-state index is 4.30. The highest BCUT2D eigenvalue weighted by Gasteiger charge is 2.15. The predicted octanol–water partition coefficient (Wildman–Crippen LogP) is 0.981. The van der Waals surface area contributed by atoms with Gasteiger partial charge in [0.1, 0.15) is 18.5 Å². The fourth-order valence-electron chi connectivity index (χ4n) is 1.93. The first kappa shape index (κ1) is 12.6. The van der Waals surface area contributed by atoms with E-state index in [1.165, 1.54) is 0 Å². The van der Waals surface area contributed by atoms with E-state index < -0.39 is 0 Å². The lowest BCUT2D eigenvalue weighted by Crippen LogP contribution is -2.25. The Labute approximate surface area is 106 Å². The van der Waals surface area contributed by atoms with E-state index in [4.69, 9.17) is 0 Å². The fourth-order valence-corrected chi connectivity index (χ4v) is 1.93. The molecule has 0 aliphatic heterocycles. The van der Waals surface area contributed by atoms with Gasteiger partial charge in [0.05, 0.1) is 11.7 Å². The van der Waals surface area contributed by atoms with Crippen LogP contribution >= 0.6 is 0 Å². The van der Waals surface area contributed by atoms with E-state index in [1.807, 2.05) is 10.7 Å². The van der Waals surface area contributed by atoms with Crippen molar-refractivity contribution in [1.82, 2.24) is 30.0 Å². The van der Waals surface area contributed by atoms with E-state index in [0.717, 1.165) is 31.0 Å². The summed E-state index contributed by atoms with van der Waals surface area (Å²) in [4.78, 5) is 12.6. The van der Waals surface area contributed by atoms with Crippen LogP contribution in [0, 0.1) is 0 Å². The summed E-state index contributed by atoms with van der Waals surface area (Å²) < 4.78 is 1.91. The van der Waals surface area contributed by atoms with Crippen LogP contribution in [-0.2, 0) is 13.0 Å². The Balaban J connectivity index is 2.16. The molecule has 0 aliphatic carbocycles. The molecule has 1 atom stereocenters. The van der Waals surface area contributed by atoms with Crippen molar-refractivity contribution in [3.63, 3.8) is 0 Å². The predicted molar refractivity (Wildman–Crippen MR) is 67.8 cm³/mol. The Kier molecular flexibility index (Phi) is 4.35. The van der Waals surface area contributed by atoms with E-state index in [-0.39, 0.29) is 6.04 Å². The van der Waals surface area contributed by atoms with Gasteiger partial charge < -0.3 is 5.32 Å². The molecule has 18 heavy (non-hydrogen) atoms. The summed E-state index contributed by atoms with van der Waals surface area (Å²) >= 11 is 0. The van der Waals surface area contributed by atoms with Crippen molar-refractivity contribution in [3.8, 4) is 0 Å². The third-order valence-corrected chi connectivity index (χ3v) is 2.79. The monoisotopic (exact) mass is 246 g/mol. The van der Waals surface area contributed by atoms with Gasteiger partial charge in [0.2, 0.25) is 0 Å². The van der Waals surface area contributed by atoms with Crippen molar-refractivity contribution in [1.29, 1.82) is 0 Å². The number of nitrogens with one attached hydrogen (secondary N) is 1. The highest BCUT2D eigenvalue weighted by Crippen LogP contribution is 2.14. The van der Waals surface area contributed by atoms with Gasteiger partial charge in [-0.2, -0.15) is 5.10 Å². The molecule has 0 radical (unpaired) electrons. The molecule has 2 aromatic rings. The van der Waals surface area contributed by atoms with Gasteiger partial charge in [0.15, 0.2) is 0 Å². The molecule has 0 saturated carbocycles. The van der Waals surface area contributed by atoms with Gasteiger partial charge >= 0.3 is 0 Å². The second kappa shape index (κ2) is 6.20. The smallest absolute Gasteiger partial charge is 0.138 e. The maximum absolute atomic E-state index is 4.30. The fraction of sp³-hybridized carbons (Fsp3) is 0.500. The van der Waals surface area contributed by atoms with Crippen molar-refractivity contribution >= 4 is 0 Å². The zero-order valence-corrected chi connectivity index (χ0v) is 10.7. The molecule has 0 bridgehead atoms. The maximum Gasteiger partial charge on any atom is 0.138 e. The first-order chi connectivity index (χ1) is 8.85. The van der Waals surface area contributed by atoms with Crippen molar-refractivity contribution in [3.05, 3.63) is 36.4 Å². The number of likely N-dealkylation sites (N-methyl/N-ethyl adjacent to an activating group) is 1. The quantitative estimate of drug-likeness (QED) is 0.823. The van der Waals surface area contributed by atoms with Crippen LogP contribution in [0.5, 0.6) is 0 Å². The second-order valence-corrected chi connectivity index (χ2v) is 3.94. The van der Waals surface area contributed by atoms with Crippen molar-refractivity contribution in [2.75, 3.05) is 6.54 Å². The summed E-state index contributed by atoms with van der Waals surface area (Å²) in [6, 6.07) is 2.08. The summed E-state index contributed by atoms with van der Waals surface area (Å²) in [5.41, 5.74) is 0.984. The molecular weight excluding hydrogens is 228 g/mol. The van der Waals surface area contributed by atoms with E-state index in [0.29, 0.717) is 0 Å². The van der Waals surface area contributed by atoms with Crippen LogP contribution < -0.4 is 5.32 Å². The van der Waals surface area contributed by atoms with Gasteiger partial charge in [0, 0.05) is 19.2 Å².